The van der Waals surface area contributed by atoms with Gasteiger partial charge in [-0.2, -0.15) is 0 Å². The van der Waals surface area contributed by atoms with Gasteiger partial charge in [0.1, 0.15) is 23.3 Å². The average molecular weight is 316 g/mol. The summed E-state index contributed by atoms with van der Waals surface area (Å²) in [5.74, 6) is 2.17. The van der Waals surface area contributed by atoms with Crippen LogP contribution in [0.5, 0.6) is 0 Å². The molecule has 5 heteroatoms. The van der Waals surface area contributed by atoms with Crippen molar-refractivity contribution in [1.82, 2.24) is 9.97 Å². The van der Waals surface area contributed by atoms with E-state index in [0.717, 1.165) is 43.4 Å². The molecule has 0 fully saturated rings. The number of anilines is 2. The second-order valence-corrected chi connectivity index (χ2v) is 5.59. The number of aromatic nitrogens is 2. The lowest BCUT2D eigenvalue weighted by Gasteiger charge is -2.23. The van der Waals surface area contributed by atoms with Gasteiger partial charge < -0.3 is 10.2 Å². The van der Waals surface area contributed by atoms with Gasteiger partial charge in [0.05, 0.1) is 0 Å². The number of hydrogen-bond donors (Lipinski definition) is 1. The van der Waals surface area contributed by atoms with Crippen LogP contribution < -0.4 is 10.2 Å². The summed E-state index contributed by atoms with van der Waals surface area (Å²) in [4.78, 5) is 11.2. The molecule has 2 rings (SSSR count). The van der Waals surface area contributed by atoms with Crippen LogP contribution in [0.1, 0.15) is 38.1 Å². The first-order chi connectivity index (χ1) is 11.1. The van der Waals surface area contributed by atoms with Gasteiger partial charge >= 0.3 is 0 Å². The predicted octanol–water partition coefficient (Wildman–Crippen LogP) is 4.16. The third-order valence-electron chi connectivity index (χ3n) is 3.55. The van der Waals surface area contributed by atoms with E-state index in [1.165, 1.54) is 6.07 Å². The number of aryl methyl sites for hydroxylation is 1. The molecule has 0 aliphatic rings. The van der Waals surface area contributed by atoms with E-state index in [2.05, 4.69) is 34.0 Å². The molecule has 1 N–H and O–H groups in total. The smallest absolute Gasteiger partial charge is 0.134 e. The molecule has 4 nitrogen and oxygen atoms in total. The third-order valence-corrected chi connectivity index (χ3v) is 3.55. The Morgan fingerprint density at radius 2 is 1.78 bits per heavy atom. The monoisotopic (exact) mass is 316 g/mol. The lowest BCUT2D eigenvalue weighted by atomic mass is 10.2. The number of nitrogens with zero attached hydrogens (tertiary/aromatic N) is 3. The van der Waals surface area contributed by atoms with E-state index in [0.29, 0.717) is 12.1 Å². The van der Waals surface area contributed by atoms with Gasteiger partial charge in [0.25, 0.3) is 0 Å². The molecule has 2 aromatic rings. The number of hydrogen-bond acceptors (Lipinski definition) is 4. The molecule has 0 saturated carbocycles. The van der Waals surface area contributed by atoms with Crippen LogP contribution in [0.25, 0.3) is 0 Å². The minimum Gasteiger partial charge on any atom is -0.366 e. The zero-order chi connectivity index (χ0) is 16.7. The predicted molar refractivity (Wildman–Crippen MR) is 93.3 cm³/mol. The normalized spacial score (nSPS) is 10.6. The molecule has 124 valence electrons. The lowest BCUT2D eigenvalue weighted by Crippen LogP contribution is -2.26. The maximum absolute atomic E-state index is 13.7. The fourth-order valence-electron chi connectivity index (χ4n) is 2.51. The summed E-state index contributed by atoms with van der Waals surface area (Å²) in [7, 11) is 0. The van der Waals surface area contributed by atoms with E-state index in [1.807, 2.05) is 19.1 Å². The van der Waals surface area contributed by atoms with Crippen LogP contribution in [0.15, 0.2) is 30.3 Å². The molecule has 1 heterocycles. The van der Waals surface area contributed by atoms with Crippen molar-refractivity contribution in [3.05, 3.63) is 47.5 Å². The zero-order valence-corrected chi connectivity index (χ0v) is 14.1. The molecule has 0 bridgehead atoms. The van der Waals surface area contributed by atoms with Crippen molar-refractivity contribution in [3.63, 3.8) is 0 Å². The maximum atomic E-state index is 13.7. The Balaban J connectivity index is 2.14. The van der Waals surface area contributed by atoms with Crippen LogP contribution in [0.2, 0.25) is 0 Å². The minimum absolute atomic E-state index is 0.204. The molecule has 1 aromatic heterocycles. The molecule has 23 heavy (non-hydrogen) atoms. The van der Waals surface area contributed by atoms with Gasteiger partial charge in [-0.05, 0) is 25.8 Å². The molecule has 1 aromatic carbocycles. The summed E-state index contributed by atoms with van der Waals surface area (Å²) in [6, 6.07) is 8.72. The van der Waals surface area contributed by atoms with E-state index in [-0.39, 0.29) is 5.82 Å². The Kier molecular flexibility index (Phi) is 6.32. The summed E-state index contributed by atoms with van der Waals surface area (Å²) in [5.41, 5.74) is 0.629. The Morgan fingerprint density at radius 1 is 1.09 bits per heavy atom. The second-order valence-electron chi connectivity index (χ2n) is 5.59. The fraction of sp³-hybridized carbons (Fsp3) is 0.444. The molecule has 0 amide bonds. The minimum atomic E-state index is -0.204. The summed E-state index contributed by atoms with van der Waals surface area (Å²) >= 11 is 0. The van der Waals surface area contributed by atoms with Crippen molar-refractivity contribution in [2.45, 2.75) is 40.2 Å². The maximum Gasteiger partial charge on any atom is 0.134 e. The topological polar surface area (TPSA) is 41.0 Å². The van der Waals surface area contributed by atoms with Crippen molar-refractivity contribution in [3.8, 4) is 0 Å². The van der Waals surface area contributed by atoms with E-state index in [4.69, 9.17) is 0 Å². The lowest BCUT2D eigenvalue weighted by molar-refractivity contribution is 0.613. The molecule has 0 unspecified atom stereocenters. The quantitative estimate of drug-likeness (QED) is 0.794. The summed E-state index contributed by atoms with van der Waals surface area (Å²) < 4.78 is 13.7. The van der Waals surface area contributed by atoms with Crippen LogP contribution in [-0.4, -0.2) is 23.1 Å². The van der Waals surface area contributed by atoms with Gasteiger partial charge in [-0.1, -0.05) is 32.0 Å². The van der Waals surface area contributed by atoms with Crippen LogP contribution in [0.3, 0.4) is 0 Å². The van der Waals surface area contributed by atoms with Gasteiger partial charge in [-0.3, -0.25) is 0 Å². The molecular formula is C18H25FN4. The Hall–Kier alpha value is -2.17. The Bertz CT molecular complexity index is 624. The van der Waals surface area contributed by atoms with Crippen LogP contribution in [0.4, 0.5) is 16.0 Å². The van der Waals surface area contributed by atoms with E-state index in [9.17, 15) is 4.39 Å². The average Bonchev–Trinajstić information content (AvgIpc) is 2.53. The van der Waals surface area contributed by atoms with Crippen molar-refractivity contribution in [2.75, 3.05) is 23.3 Å². The first-order valence-corrected chi connectivity index (χ1v) is 8.22. The highest BCUT2D eigenvalue weighted by Gasteiger charge is 2.09. The highest BCUT2D eigenvalue weighted by atomic mass is 19.1. The standard InChI is InChI=1S/C18H25FN4/c1-4-10-23(11-5-2)18-12-17(21-14(3)22-18)20-13-15-8-6-7-9-16(15)19/h6-9,12H,4-5,10-11,13H2,1-3H3,(H,20,21,22). The Morgan fingerprint density at radius 3 is 2.43 bits per heavy atom. The molecule has 0 radical (unpaired) electrons. The van der Waals surface area contributed by atoms with Gasteiger partial charge in [0.2, 0.25) is 0 Å². The van der Waals surface area contributed by atoms with Gasteiger partial charge in [-0.25, -0.2) is 14.4 Å². The van der Waals surface area contributed by atoms with Crippen LogP contribution >= 0.6 is 0 Å². The zero-order valence-electron chi connectivity index (χ0n) is 14.1. The first kappa shape index (κ1) is 17.2. The van der Waals surface area contributed by atoms with Gasteiger partial charge in [0, 0.05) is 31.3 Å². The fourth-order valence-corrected chi connectivity index (χ4v) is 2.51. The molecule has 0 atom stereocenters. The largest absolute Gasteiger partial charge is 0.366 e. The summed E-state index contributed by atoms with van der Waals surface area (Å²) in [5, 5.41) is 3.20. The third kappa shape index (κ3) is 4.91. The summed E-state index contributed by atoms with van der Waals surface area (Å²) in [6.45, 7) is 8.55. The molecule has 0 aliphatic carbocycles. The molecular weight excluding hydrogens is 291 g/mol. The molecule has 0 spiro atoms. The first-order valence-electron chi connectivity index (χ1n) is 8.22. The van der Waals surface area contributed by atoms with E-state index >= 15 is 0 Å². The number of rotatable bonds is 8. The van der Waals surface area contributed by atoms with Crippen LogP contribution in [0, 0.1) is 12.7 Å². The van der Waals surface area contributed by atoms with Crippen molar-refractivity contribution < 1.29 is 4.39 Å². The van der Waals surface area contributed by atoms with Crippen molar-refractivity contribution >= 4 is 11.6 Å². The molecule has 0 aliphatic heterocycles. The second kappa shape index (κ2) is 8.46. The Labute approximate surface area is 137 Å². The van der Waals surface area contributed by atoms with Crippen LogP contribution in [-0.2, 0) is 6.54 Å². The van der Waals surface area contributed by atoms with E-state index in [1.54, 1.807) is 12.1 Å². The van der Waals surface area contributed by atoms with Crippen molar-refractivity contribution in [1.29, 1.82) is 0 Å². The molecule has 0 saturated heterocycles. The summed E-state index contributed by atoms with van der Waals surface area (Å²) in [6.07, 6.45) is 2.14. The van der Waals surface area contributed by atoms with Crippen molar-refractivity contribution in [2.24, 2.45) is 0 Å². The SMILES string of the molecule is CCCN(CCC)c1cc(NCc2ccccc2F)nc(C)n1. The highest BCUT2D eigenvalue weighted by molar-refractivity contribution is 5.49. The van der Waals surface area contributed by atoms with Gasteiger partial charge in [0.15, 0.2) is 0 Å². The number of nitrogens with one attached hydrogen (secondary N) is 1. The number of benzene rings is 1. The van der Waals surface area contributed by atoms with E-state index < -0.39 is 0 Å². The van der Waals surface area contributed by atoms with Gasteiger partial charge in [-0.15, -0.1) is 0 Å². The highest BCUT2D eigenvalue weighted by Crippen LogP contribution is 2.18. The number of halogens is 1.